The fourth-order valence-corrected chi connectivity index (χ4v) is 2.92. The molecular formula is C8H13N5O2S. The third kappa shape index (κ3) is 2.64. The molecule has 88 valence electrons. The highest BCUT2D eigenvalue weighted by Crippen LogP contribution is 2.13. The van der Waals surface area contributed by atoms with E-state index in [0.717, 1.165) is 13.0 Å². The summed E-state index contributed by atoms with van der Waals surface area (Å²) < 4.78 is 26.1. The van der Waals surface area contributed by atoms with Crippen LogP contribution in [0.1, 0.15) is 12.8 Å². The van der Waals surface area contributed by atoms with E-state index in [-0.39, 0.29) is 5.95 Å². The maximum atomic E-state index is 11.9. The van der Waals surface area contributed by atoms with E-state index in [1.54, 1.807) is 0 Å². The summed E-state index contributed by atoms with van der Waals surface area (Å²) in [7, 11) is -3.41. The Kier molecular flexibility index (Phi) is 3.30. The second kappa shape index (κ2) is 4.71. The molecular weight excluding hydrogens is 230 g/mol. The predicted molar refractivity (Wildman–Crippen MR) is 58.3 cm³/mol. The van der Waals surface area contributed by atoms with E-state index in [2.05, 4.69) is 25.2 Å². The average Bonchev–Trinajstić information content (AvgIpc) is 2.31. The van der Waals surface area contributed by atoms with Crippen LogP contribution in [-0.4, -0.2) is 41.9 Å². The van der Waals surface area contributed by atoms with Crippen LogP contribution in [0.15, 0.2) is 12.4 Å². The molecule has 16 heavy (non-hydrogen) atoms. The number of aromatic nitrogens is 3. The lowest BCUT2D eigenvalue weighted by molar-refractivity contribution is 0.499. The number of hydrogen-bond donors (Lipinski definition) is 2. The van der Waals surface area contributed by atoms with Gasteiger partial charge in [-0.25, -0.2) is 18.1 Å². The Morgan fingerprint density at radius 2 is 2.31 bits per heavy atom. The predicted octanol–water partition coefficient (Wildman–Crippen LogP) is -0.635. The lowest BCUT2D eigenvalue weighted by Gasteiger charge is -2.22. The van der Waals surface area contributed by atoms with Gasteiger partial charge in [0.1, 0.15) is 0 Å². The van der Waals surface area contributed by atoms with Crippen molar-refractivity contribution in [1.29, 1.82) is 0 Å². The van der Waals surface area contributed by atoms with E-state index < -0.39 is 15.3 Å². The maximum Gasteiger partial charge on any atom is 0.256 e. The molecule has 0 aromatic carbocycles. The second-order valence-corrected chi connectivity index (χ2v) is 5.54. The molecule has 0 amide bonds. The SMILES string of the molecule is O=S(=O)(Nc1nccnn1)C1CCCNC1. The summed E-state index contributed by atoms with van der Waals surface area (Å²) >= 11 is 0. The Balaban J connectivity index is 2.08. The van der Waals surface area contributed by atoms with Crippen LogP contribution in [0.4, 0.5) is 5.95 Å². The summed E-state index contributed by atoms with van der Waals surface area (Å²) in [5.41, 5.74) is 0. The van der Waals surface area contributed by atoms with E-state index >= 15 is 0 Å². The van der Waals surface area contributed by atoms with Gasteiger partial charge >= 0.3 is 0 Å². The molecule has 7 nitrogen and oxygen atoms in total. The van der Waals surface area contributed by atoms with Crippen LogP contribution in [0.2, 0.25) is 0 Å². The van der Waals surface area contributed by atoms with Crippen molar-refractivity contribution in [2.45, 2.75) is 18.1 Å². The van der Waals surface area contributed by atoms with Crippen LogP contribution in [0.3, 0.4) is 0 Å². The topological polar surface area (TPSA) is 96.9 Å². The molecule has 1 saturated heterocycles. The van der Waals surface area contributed by atoms with Gasteiger partial charge in [0, 0.05) is 6.54 Å². The van der Waals surface area contributed by atoms with Gasteiger partial charge in [0.2, 0.25) is 10.0 Å². The third-order valence-electron chi connectivity index (χ3n) is 2.41. The molecule has 0 saturated carbocycles. The van der Waals surface area contributed by atoms with Gasteiger partial charge in [0.15, 0.2) is 0 Å². The first-order valence-corrected chi connectivity index (χ1v) is 6.59. The number of rotatable bonds is 3. The Morgan fingerprint density at radius 3 is 2.94 bits per heavy atom. The summed E-state index contributed by atoms with van der Waals surface area (Å²) in [6.07, 6.45) is 4.30. The van der Waals surface area contributed by atoms with Crippen molar-refractivity contribution in [3.63, 3.8) is 0 Å². The largest absolute Gasteiger partial charge is 0.315 e. The van der Waals surface area contributed by atoms with Gasteiger partial charge in [-0.3, -0.25) is 0 Å². The molecule has 1 aromatic heterocycles. The summed E-state index contributed by atoms with van der Waals surface area (Å²) in [5.74, 6) is 0.0214. The van der Waals surface area contributed by atoms with Crippen molar-refractivity contribution in [3.05, 3.63) is 12.4 Å². The van der Waals surface area contributed by atoms with Crippen molar-refractivity contribution in [1.82, 2.24) is 20.5 Å². The zero-order valence-electron chi connectivity index (χ0n) is 8.63. The van der Waals surface area contributed by atoms with Gasteiger partial charge in [-0.1, -0.05) is 0 Å². The Morgan fingerprint density at radius 1 is 1.44 bits per heavy atom. The standard InChI is InChI=1S/C8H13N5O2S/c14-16(15,7-2-1-3-9-6-7)13-8-10-4-5-11-12-8/h4-5,7,9H,1-3,6H2,(H,10,12,13). The maximum absolute atomic E-state index is 11.9. The number of hydrogen-bond acceptors (Lipinski definition) is 6. The molecule has 2 N–H and O–H groups in total. The van der Waals surface area contributed by atoms with Crippen molar-refractivity contribution >= 4 is 16.0 Å². The molecule has 1 aromatic rings. The minimum atomic E-state index is -3.41. The first kappa shape index (κ1) is 11.2. The van der Waals surface area contributed by atoms with E-state index in [1.165, 1.54) is 12.4 Å². The van der Waals surface area contributed by atoms with Crippen molar-refractivity contribution in [2.24, 2.45) is 0 Å². The van der Waals surface area contributed by atoms with Crippen molar-refractivity contribution in [3.8, 4) is 0 Å². The molecule has 8 heteroatoms. The minimum absolute atomic E-state index is 0.0214. The van der Waals surface area contributed by atoms with Crippen molar-refractivity contribution in [2.75, 3.05) is 17.8 Å². The number of nitrogens with one attached hydrogen (secondary N) is 2. The molecule has 1 atom stereocenters. The van der Waals surface area contributed by atoms with Gasteiger partial charge in [-0.2, -0.15) is 5.10 Å². The molecule has 0 radical (unpaired) electrons. The summed E-state index contributed by atoms with van der Waals surface area (Å²) in [6, 6.07) is 0. The van der Waals surface area contributed by atoms with Gasteiger partial charge < -0.3 is 5.32 Å². The van der Waals surface area contributed by atoms with E-state index in [9.17, 15) is 8.42 Å². The Labute approximate surface area is 93.7 Å². The molecule has 0 aliphatic carbocycles. The molecule has 1 fully saturated rings. The van der Waals surface area contributed by atoms with Gasteiger partial charge in [-0.15, -0.1) is 5.10 Å². The quantitative estimate of drug-likeness (QED) is 0.733. The molecule has 2 rings (SSSR count). The Bertz CT molecular complexity index is 429. The summed E-state index contributed by atoms with van der Waals surface area (Å²) in [5, 5.41) is 9.77. The van der Waals surface area contributed by atoms with Crippen LogP contribution in [0.25, 0.3) is 0 Å². The smallest absolute Gasteiger partial charge is 0.256 e. The number of anilines is 1. The van der Waals surface area contributed by atoms with Crippen LogP contribution in [0, 0.1) is 0 Å². The van der Waals surface area contributed by atoms with Gasteiger partial charge in [0.05, 0.1) is 17.6 Å². The highest BCUT2D eigenvalue weighted by Gasteiger charge is 2.27. The van der Waals surface area contributed by atoms with Crippen LogP contribution >= 0.6 is 0 Å². The van der Waals surface area contributed by atoms with Crippen LogP contribution in [-0.2, 0) is 10.0 Å². The van der Waals surface area contributed by atoms with Gasteiger partial charge in [0.25, 0.3) is 5.95 Å². The lowest BCUT2D eigenvalue weighted by atomic mass is 10.2. The monoisotopic (exact) mass is 243 g/mol. The minimum Gasteiger partial charge on any atom is -0.315 e. The summed E-state index contributed by atoms with van der Waals surface area (Å²) in [6.45, 7) is 1.34. The lowest BCUT2D eigenvalue weighted by Crippen LogP contribution is -2.41. The molecule has 1 aliphatic rings. The van der Waals surface area contributed by atoms with Gasteiger partial charge in [-0.05, 0) is 19.4 Å². The number of nitrogens with zero attached hydrogens (tertiary/aromatic N) is 3. The molecule has 2 heterocycles. The van der Waals surface area contributed by atoms with E-state index in [4.69, 9.17) is 0 Å². The third-order valence-corrected chi connectivity index (χ3v) is 4.15. The van der Waals surface area contributed by atoms with Crippen LogP contribution < -0.4 is 10.0 Å². The zero-order valence-corrected chi connectivity index (χ0v) is 9.44. The average molecular weight is 243 g/mol. The zero-order chi connectivity index (χ0) is 11.4. The fraction of sp³-hybridized carbons (Fsp3) is 0.625. The second-order valence-electron chi connectivity index (χ2n) is 3.58. The highest BCUT2D eigenvalue weighted by atomic mass is 32.2. The number of sulfonamides is 1. The molecule has 0 bridgehead atoms. The highest BCUT2D eigenvalue weighted by molar-refractivity contribution is 7.93. The molecule has 1 unspecified atom stereocenters. The number of piperidine rings is 1. The fourth-order valence-electron chi connectivity index (χ4n) is 1.59. The van der Waals surface area contributed by atoms with E-state index in [0.29, 0.717) is 13.0 Å². The summed E-state index contributed by atoms with van der Waals surface area (Å²) in [4.78, 5) is 3.77. The van der Waals surface area contributed by atoms with Crippen molar-refractivity contribution < 1.29 is 8.42 Å². The molecule has 0 spiro atoms. The molecule has 1 aliphatic heterocycles. The Hall–Kier alpha value is -1.28. The van der Waals surface area contributed by atoms with Crippen LogP contribution in [0.5, 0.6) is 0 Å². The normalized spacial score (nSPS) is 21.6. The van der Waals surface area contributed by atoms with E-state index in [1.807, 2.05) is 0 Å². The first-order chi connectivity index (χ1) is 7.68. The first-order valence-electron chi connectivity index (χ1n) is 5.04.